The number of ether oxygens (including phenoxy) is 1. The third-order valence-corrected chi connectivity index (χ3v) is 5.58. The minimum absolute atomic E-state index is 0.0000866. The highest BCUT2D eigenvalue weighted by Gasteiger charge is 2.25. The van der Waals surface area contributed by atoms with Crippen LogP contribution in [0.1, 0.15) is 39.6 Å². The average molecular weight is 397 g/mol. The van der Waals surface area contributed by atoms with Crippen LogP contribution in [0, 0.1) is 19.8 Å². The number of hydrogen-bond donors (Lipinski definition) is 1. The summed E-state index contributed by atoms with van der Waals surface area (Å²) < 4.78 is 7.30. The lowest BCUT2D eigenvalue weighted by atomic mass is 10.1. The Kier molecular flexibility index (Phi) is 5.62. The number of benzene rings is 1. The van der Waals surface area contributed by atoms with Crippen LogP contribution in [0.5, 0.6) is 0 Å². The lowest BCUT2D eigenvalue weighted by molar-refractivity contribution is -0.125. The van der Waals surface area contributed by atoms with Crippen LogP contribution < -0.4 is 5.32 Å². The quantitative estimate of drug-likeness (QED) is 0.839. The van der Waals surface area contributed by atoms with Crippen LogP contribution >= 0.6 is 0 Å². The molecule has 1 atom stereocenters. The van der Waals surface area contributed by atoms with E-state index in [0.29, 0.717) is 45.8 Å². The van der Waals surface area contributed by atoms with Crippen LogP contribution in [0.2, 0.25) is 0 Å². The number of hydrogen-bond acceptors (Lipinski definition) is 5. The second-order valence-corrected chi connectivity index (χ2v) is 7.88. The summed E-state index contributed by atoms with van der Waals surface area (Å²) >= 11 is 0. The molecule has 3 heterocycles. The minimum atomic E-state index is -0.0765. The molecule has 0 bridgehead atoms. The number of nitrogens with zero attached hydrogens (tertiary/aromatic N) is 4. The molecule has 0 aliphatic carbocycles. The highest BCUT2D eigenvalue weighted by molar-refractivity contribution is 5.94. The number of rotatable bonds is 4. The van der Waals surface area contributed by atoms with E-state index in [-0.39, 0.29) is 17.7 Å². The zero-order valence-electron chi connectivity index (χ0n) is 17.0. The molecule has 1 fully saturated rings. The Labute approximate surface area is 170 Å². The van der Waals surface area contributed by atoms with E-state index in [1.54, 1.807) is 0 Å². The van der Waals surface area contributed by atoms with Gasteiger partial charge in [-0.3, -0.25) is 9.59 Å². The van der Waals surface area contributed by atoms with Gasteiger partial charge in [-0.1, -0.05) is 17.2 Å². The molecule has 8 nitrogen and oxygen atoms in total. The predicted octanol–water partition coefficient (Wildman–Crippen LogP) is 1.25. The molecule has 2 aliphatic heterocycles. The molecule has 1 aromatic carbocycles. The van der Waals surface area contributed by atoms with E-state index in [2.05, 4.69) is 21.6 Å². The fourth-order valence-electron chi connectivity index (χ4n) is 4.05. The van der Waals surface area contributed by atoms with Crippen molar-refractivity contribution in [1.29, 1.82) is 0 Å². The number of aromatic nitrogens is 3. The normalized spacial score (nSPS) is 19.0. The van der Waals surface area contributed by atoms with E-state index < -0.39 is 0 Å². The molecule has 0 unspecified atom stereocenters. The molecule has 8 heteroatoms. The Morgan fingerprint density at radius 3 is 2.66 bits per heavy atom. The van der Waals surface area contributed by atoms with Gasteiger partial charge in [-0.25, -0.2) is 0 Å². The Morgan fingerprint density at radius 2 is 1.93 bits per heavy atom. The van der Waals surface area contributed by atoms with Gasteiger partial charge in [-0.15, -0.1) is 10.2 Å². The highest BCUT2D eigenvalue weighted by atomic mass is 16.5. The fourth-order valence-corrected chi connectivity index (χ4v) is 4.05. The first kappa shape index (κ1) is 19.6. The molecular formula is C21H27N5O3. The van der Waals surface area contributed by atoms with Gasteiger partial charge >= 0.3 is 0 Å². The van der Waals surface area contributed by atoms with Gasteiger partial charge in [0.05, 0.1) is 19.1 Å². The van der Waals surface area contributed by atoms with Gasteiger partial charge in [0.2, 0.25) is 5.91 Å². The van der Waals surface area contributed by atoms with Crippen molar-refractivity contribution in [3.63, 3.8) is 0 Å². The smallest absolute Gasteiger partial charge is 0.253 e. The molecule has 1 saturated heterocycles. The van der Waals surface area contributed by atoms with E-state index in [1.165, 1.54) is 0 Å². The van der Waals surface area contributed by atoms with Gasteiger partial charge in [0.15, 0.2) is 5.82 Å². The van der Waals surface area contributed by atoms with Crippen molar-refractivity contribution in [3.05, 3.63) is 46.5 Å². The van der Waals surface area contributed by atoms with Crippen LogP contribution in [-0.2, 0) is 29.0 Å². The van der Waals surface area contributed by atoms with Crippen LogP contribution in [0.4, 0.5) is 0 Å². The topological polar surface area (TPSA) is 89.3 Å². The number of aryl methyl sites for hydroxylation is 2. The molecule has 2 aliphatic rings. The summed E-state index contributed by atoms with van der Waals surface area (Å²) in [7, 11) is 0. The summed E-state index contributed by atoms with van der Waals surface area (Å²) in [6.45, 7) is 7.30. The standard InChI is InChI=1S/C21H27N5O3/c1-14-9-15(2)11-17(10-14)21(28)25-5-3-18-23-24-19(26(18)7-6-25)12-22-20(27)16-4-8-29-13-16/h9-11,16H,3-8,12-13H2,1-2H3,(H,22,27)/t16-/m1/s1. The molecule has 154 valence electrons. The maximum absolute atomic E-state index is 13.0. The molecule has 29 heavy (non-hydrogen) atoms. The summed E-state index contributed by atoms with van der Waals surface area (Å²) in [5.41, 5.74) is 2.91. The van der Waals surface area contributed by atoms with Crippen LogP contribution in [0.3, 0.4) is 0 Å². The van der Waals surface area contributed by atoms with Crippen molar-refractivity contribution in [2.24, 2.45) is 5.92 Å². The van der Waals surface area contributed by atoms with Crippen LogP contribution in [0.25, 0.3) is 0 Å². The minimum Gasteiger partial charge on any atom is -0.381 e. The highest BCUT2D eigenvalue weighted by Crippen LogP contribution is 2.16. The van der Waals surface area contributed by atoms with Crippen molar-refractivity contribution in [2.75, 3.05) is 26.3 Å². The fraction of sp³-hybridized carbons (Fsp3) is 0.524. The van der Waals surface area contributed by atoms with Crippen molar-refractivity contribution in [2.45, 2.75) is 39.8 Å². The van der Waals surface area contributed by atoms with Crippen molar-refractivity contribution in [1.82, 2.24) is 25.0 Å². The first-order valence-corrected chi connectivity index (χ1v) is 10.2. The predicted molar refractivity (Wildman–Crippen MR) is 106 cm³/mol. The van der Waals surface area contributed by atoms with Gasteiger partial charge in [0.25, 0.3) is 5.91 Å². The molecule has 0 saturated carbocycles. The Bertz CT molecular complexity index is 897. The SMILES string of the molecule is Cc1cc(C)cc(C(=O)N2CCc3nnc(CNC(=O)[C@@H]4CCOC4)n3CC2)c1. The van der Waals surface area contributed by atoms with Gasteiger partial charge in [0.1, 0.15) is 5.82 Å². The first-order valence-electron chi connectivity index (χ1n) is 10.2. The Balaban J connectivity index is 1.40. The molecule has 4 rings (SSSR count). The summed E-state index contributed by atoms with van der Waals surface area (Å²) in [5, 5.41) is 11.5. The van der Waals surface area contributed by atoms with Crippen molar-refractivity contribution >= 4 is 11.8 Å². The molecule has 1 aromatic heterocycles. The van der Waals surface area contributed by atoms with Gasteiger partial charge in [-0.05, 0) is 32.4 Å². The van der Waals surface area contributed by atoms with Gasteiger partial charge < -0.3 is 19.5 Å². The number of carbonyl (C=O) groups excluding carboxylic acids is 2. The van der Waals surface area contributed by atoms with Gasteiger partial charge in [-0.2, -0.15) is 0 Å². The zero-order valence-corrected chi connectivity index (χ0v) is 17.0. The second kappa shape index (κ2) is 8.32. The third kappa shape index (κ3) is 4.32. The third-order valence-electron chi connectivity index (χ3n) is 5.58. The number of carbonyl (C=O) groups is 2. The van der Waals surface area contributed by atoms with Gasteiger partial charge in [0, 0.05) is 38.2 Å². The molecular weight excluding hydrogens is 370 g/mol. The number of fused-ring (bicyclic) bond motifs is 1. The maximum atomic E-state index is 13.0. The lowest BCUT2D eigenvalue weighted by Gasteiger charge is -2.20. The van der Waals surface area contributed by atoms with E-state index >= 15 is 0 Å². The second-order valence-electron chi connectivity index (χ2n) is 7.88. The first-order chi connectivity index (χ1) is 14.0. The Hall–Kier alpha value is -2.74. The maximum Gasteiger partial charge on any atom is 0.253 e. The number of nitrogens with one attached hydrogen (secondary N) is 1. The number of amides is 2. The summed E-state index contributed by atoms with van der Waals surface area (Å²) in [6.07, 6.45) is 1.41. The lowest BCUT2D eigenvalue weighted by Crippen LogP contribution is -2.34. The summed E-state index contributed by atoms with van der Waals surface area (Å²) in [6, 6.07) is 5.95. The molecule has 1 N–H and O–H groups in total. The molecule has 2 amide bonds. The largest absolute Gasteiger partial charge is 0.381 e. The van der Waals surface area contributed by atoms with E-state index in [0.717, 1.165) is 34.8 Å². The van der Waals surface area contributed by atoms with E-state index in [9.17, 15) is 9.59 Å². The van der Waals surface area contributed by atoms with Crippen LogP contribution in [0.15, 0.2) is 18.2 Å². The van der Waals surface area contributed by atoms with E-state index in [4.69, 9.17) is 4.74 Å². The Morgan fingerprint density at radius 1 is 1.14 bits per heavy atom. The summed E-state index contributed by atoms with van der Waals surface area (Å²) in [5.74, 6) is 1.56. The van der Waals surface area contributed by atoms with Crippen molar-refractivity contribution in [3.8, 4) is 0 Å². The van der Waals surface area contributed by atoms with Crippen molar-refractivity contribution < 1.29 is 14.3 Å². The van der Waals surface area contributed by atoms with Crippen LogP contribution in [-0.4, -0.2) is 57.8 Å². The molecule has 2 aromatic rings. The molecule has 0 spiro atoms. The van der Waals surface area contributed by atoms with E-state index in [1.807, 2.05) is 35.4 Å². The zero-order chi connectivity index (χ0) is 20.4. The summed E-state index contributed by atoms with van der Waals surface area (Å²) in [4.78, 5) is 27.1. The average Bonchev–Trinajstić information content (AvgIpc) is 3.31. The monoisotopic (exact) mass is 397 g/mol. The molecule has 0 radical (unpaired) electrons.